The van der Waals surface area contributed by atoms with Gasteiger partial charge in [0, 0.05) is 31.2 Å². The monoisotopic (exact) mass is 254 g/mol. The van der Waals surface area contributed by atoms with Crippen molar-refractivity contribution in [2.75, 3.05) is 39.4 Å². The minimum absolute atomic E-state index is 0.344. The molecule has 2 saturated heterocycles. The van der Waals surface area contributed by atoms with Gasteiger partial charge in [-0.25, -0.2) is 0 Å². The van der Waals surface area contributed by atoms with E-state index in [0.717, 1.165) is 38.3 Å². The summed E-state index contributed by atoms with van der Waals surface area (Å²) in [7, 11) is 0. The van der Waals surface area contributed by atoms with E-state index < -0.39 is 0 Å². The fraction of sp³-hybridized carbons (Fsp3) is 1.00. The topological polar surface area (TPSA) is 15.7 Å². The van der Waals surface area contributed by atoms with Gasteiger partial charge in [-0.15, -0.1) is 0 Å². The zero-order valence-electron chi connectivity index (χ0n) is 12.6. The fourth-order valence-electron chi connectivity index (χ4n) is 3.28. The Balaban J connectivity index is 1.76. The van der Waals surface area contributed by atoms with Gasteiger partial charge in [0.25, 0.3) is 0 Å². The summed E-state index contributed by atoms with van der Waals surface area (Å²) in [6.07, 6.45) is 2.73. The Morgan fingerprint density at radius 3 is 2.39 bits per heavy atom. The van der Waals surface area contributed by atoms with Gasteiger partial charge in [0.1, 0.15) is 0 Å². The molecular weight excluding hydrogens is 224 g/mol. The number of likely N-dealkylation sites (tertiary alicyclic amines) is 1. The molecule has 0 aliphatic carbocycles. The Morgan fingerprint density at radius 2 is 1.83 bits per heavy atom. The second-order valence-corrected chi connectivity index (χ2v) is 7.00. The first-order chi connectivity index (χ1) is 8.47. The second kappa shape index (κ2) is 5.89. The number of nitrogens with zero attached hydrogens (tertiary/aromatic N) is 2. The molecule has 2 unspecified atom stereocenters. The Bertz CT molecular complexity index is 256. The van der Waals surface area contributed by atoms with Crippen molar-refractivity contribution < 1.29 is 4.74 Å². The molecule has 0 bridgehead atoms. The van der Waals surface area contributed by atoms with Crippen molar-refractivity contribution in [2.45, 2.75) is 52.1 Å². The summed E-state index contributed by atoms with van der Waals surface area (Å²) in [5.41, 5.74) is 0.344. The lowest BCUT2D eigenvalue weighted by Gasteiger charge is -2.34. The first kappa shape index (κ1) is 14.3. The van der Waals surface area contributed by atoms with E-state index in [1.807, 2.05) is 0 Å². The standard InChI is InChI=1S/C15H30N2O/c1-13(16-7-9-18-10-8-16)11-14-5-6-17(12-14)15(2,3)4/h13-14H,5-12H2,1-4H3. The average molecular weight is 254 g/mol. The van der Waals surface area contributed by atoms with Crippen LogP contribution >= 0.6 is 0 Å². The van der Waals surface area contributed by atoms with Crippen LogP contribution in [0.4, 0.5) is 0 Å². The van der Waals surface area contributed by atoms with Gasteiger partial charge in [0.15, 0.2) is 0 Å². The van der Waals surface area contributed by atoms with Crippen LogP contribution in [-0.2, 0) is 4.74 Å². The highest BCUT2D eigenvalue weighted by Gasteiger charge is 2.31. The van der Waals surface area contributed by atoms with Gasteiger partial charge in [0.2, 0.25) is 0 Å². The second-order valence-electron chi connectivity index (χ2n) is 7.00. The molecule has 2 aliphatic heterocycles. The summed E-state index contributed by atoms with van der Waals surface area (Å²) in [5.74, 6) is 0.891. The third kappa shape index (κ3) is 3.69. The van der Waals surface area contributed by atoms with Gasteiger partial charge in [-0.05, 0) is 53.0 Å². The van der Waals surface area contributed by atoms with Gasteiger partial charge >= 0.3 is 0 Å². The van der Waals surface area contributed by atoms with Crippen molar-refractivity contribution in [1.82, 2.24) is 9.80 Å². The van der Waals surface area contributed by atoms with Crippen LogP contribution in [0, 0.1) is 5.92 Å². The number of hydrogen-bond acceptors (Lipinski definition) is 3. The smallest absolute Gasteiger partial charge is 0.0594 e. The molecule has 0 aromatic heterocycles. The maximum absolute atomic E-state index is 5.43. The summed E-state index contributed by atoms with van der Waals surface area (Å²) in [6.45, 7) is 16.1. The minimum atomic E-state index is 0.344. The zero-order valence-corrected chi connectivity index (χ0v) is 12.6. The van der Waals surface area contributed by atoms with Crippen molar-refractivity contribution in [3.05, 3.63) is 0 Å². The molecule has 2 rings (SSSR count). The number of ether oxygens (including phenoxy) is 1. The van der Waals surface area contributed by atoms with Crippen LogP contribution < -0.4 is 0 Å². The van der Waals surface area contributed by atoms with E-state index in [9.17, 15) is 0 Å². The number of morpholine rings is 1. The Kier molecular flexibility index (Phi) is 4.68. The Morgan fingerprint density at radius 1 is 1.17 bits per heavy atom. The normalized spacial score (nSPS) is 29.7. The molecule has 0 aromatic carbocycles. The van der Waals surface area contributed by atoms with Crippen molar-refractivity contribution in [2.24, 2.45) is 5.92 Å². The lowest BCUT2D eigenvalue weighted by molar-refractivity contribution is 0.0153. The SMILES string of the molecule is CC(CC1CCN(C(C)(C)C)C1)N1CCOCC1. The predicted octanol–water partition coefficient (Wildman–Crippen LogP) is 2.22. The fourth-order valence-corrected chi connectivity index (χ4v) is 3.28. The molecule has 2 heterocycles. The van der Waals surface area contributed by atoms with E-state index in [0.29, 0.717) is 5.54 Å². The van der Waals surface area contributed by atoms with Gasteiger partial charge in [-0.2, -0.15) is 0 Å². The van der Waals surface area contributed by atoms with Crippen molar-refractivity contribution in [3.63, 3.8) is 0 Å². The molecule has 0 N–H and O–H groups in total. The summed E-state index contributed by atoms with van der Waals surface area (Å²) in [5, 5.41) is 0. The van der Waals surface area contributed by atoms with Gasteiger partial charge in [0.05, 0.1) is 13.2 Å². The molecule has 2 aliphatic rings. The van der Waals surface area contributed by atoms with Gasteiger partial charge in [-0.1, -0.05) is 0 Å². The first-order valence-corrected chi connectivity index (χ1v) is 7.53. The molecule has 106 valence electrons. The predicted molar refractivity (Wildman–Crippen MR) is 75.9 cm³/mol. The third-order valence-corrected chi connectivity index (χ3v) is 4.58. The van der Waals surface area contributed by atoms with Crippen molar-refractivity contribution in [1.29, 1.82) is 0 Å². The van der Waals surface area contributed by atoms with E-state index >= 15 is 0 Å². The Labute approximate surface area is 112 Å². The summed E-state index contributed by atoms with van der Waals surface area (Å²) < 4.78 is 5.43. The molecule has 3 heteroatoms. The Hall–Kier alpha value is -0.120. The van der Waals surface area contributed by atoms with E-state index in [2.05, 4.69) is 37.5 Å². The molecule has 2 atom stereocenters. The van der Waals surface area contributed by atoms with Gasteiger partial charge in [-0.3, -0.25) is 9.80 Å². The lowest BCUT2D eigenvalue weighted by Crippen LogP contribution is -2.43. The quantitative estimate of drug-likeness (QED) is 0.768. The maximum Gasteiger partial charge on any atom is 0.0594 e. The van der Waals surface area contributed by atoms with Crippen LogP contribution in [0.15, 0.2) is 0 Å². The largest absolute Gasteiger partial charge is 0.379 e. The first-order valence-electron chi connectivity index (χ1n) is 7.53. The van der Waals surface area contributed by atoms with Crippen LogP contribution in [0.25, 0.3) is 0 Å². The van der Waals surface area contributed by atoms with Crippen molar-refractivity contribution >= 4 is 0 Å². The molecule has 0 amide bonds. The van der Waals surface area contributed by atoms with E-state index in [1.165, 1.54) is 25.9 Å². The minimum Gasteiger partial charge on any atom is -0.379 e. The van der Waals surface area contributed by atoms with Gasteiger partial charge < -0.3 is 4.74 Å². The molecule has 3 nitrogen and oxygen atoms in total. The van der Waals surface area contributed by atoms with Crippen LogP contribution in [0.5, 0.6) is 0 Å². The number of rotatable bonds is 3. The highest BCUT2D eigenvalue weighted by molar-refractivity contribution is 4.86. The molecule has 18 heavy (non-hydrogen) atoms. The summed E-state index contributed by atoms with van der Waals surface area (Å²) >= 11 is 0. The molecule has 0 saturated carbocycles. The molecule has 0 aromatic rings. The highest BCUT2D eigenvalue weighted by atomic mass is 16.5. The zero-order chi connectivity index (χ0) is 13.2. The molecule has 0 radical (unpaired) electrons. The lowest BCUT2D eigenvalue weighted by atomic mass is 9.98. The maximum atomic E-state index is 5.43. The van der Waals surface area contributed by atoms with Crippen LogP contribution in [0.2, 0.25) is 0 Å². The molecule has 2 fully saturated rings. The summed E-state index contributed by atoms with van der Waals surface area (Å²) in [6, 6.07) is 0.721. The van der Waals surface area contributed by atoms with Crippen molar-refractivity contribution in [3.8, 4) is 0 Å². The van der Waals surface area contributed by atoms with E-state index in [1.54, 1.807) is 0 Å². The van der Waals surface area contributed by atoms with E-state index in [-0.39, 0.29) is 0 Å². The number of hydrogen-bond donors (Lipinski definition) is 0. The highest BCUT2D eigenvalue weighted by Crippen LogP contribution is 2.28. The van der Waals surface area contributed by atoms with Crippen LogP contribution in [0.1, 0.15) is 40.5 Å². The van der Waals surface area contributed by atoms with Crippen LogP contribution in [-0.4, -0.2) is 60.8 Å². The molecular formula is C15H30N2O. The summed E-state index contributed by atoms with van der Waals surface area (Å²) in [4.78, 5) is 5.24. The van der Waals surface area contributed by atoms with Crippen LogP contribution in [0.3, 0.4) is 0 Å². The molecule has 0 spiro atoms. The third-order valence-electron chi connectivity index (χ3n) is 4.58. The van der Waals surface area contributed by atoms with E-state index in [4.69, 9.17) is 4.74 Å². The average Bonchev–Trinajstić information content (AvgIpc) is 2.78.